The third kappa shape index (κ3) is 10.6. The Morgan fingerprint density at radius 1 is 0.724 bits per heavy atom. The van der Waals surface area contributed by atoms with Crippen LogP contribution >= 0.6 is 0 Å². The topological polar surface area (TPSA) is 225 Å². The Bertz CT molecular complexity index is 652. The molecule has 0 aromatic carbocycles. The van der Waals surface area contributed by atoms with Crippen LogP contribution < -0.4 is 21.7 Å². The van der Waals surface area contributed by atoms with Crippen LogP contribution in [0, 0.1) is 0 Å². The number of amides is 3. The zero-order valence-corrected chi connectivity index (χ0v) is 16.0. The highest BCUT2D eigenvalue weighted by molar-refractivity contribution is 5.94. The van der Waals surface area contributed by atoms with E-state index >= 15 is 0 Å². The Balaban J connectivity index is 4.93. The van der Waals surface area contributed by atoms with Crippen LogP contribution in [0.4, 0.5) is 0 Å². The van der Waals surface area contributed by atoms with E-state index in [1.165, 1.54) is 13.8 Å². The van der Waals surface area contributed by atoms with Gasteiger partial charge in [-0.1, -0.05) is 0 Å². The monoisotopic (exact) mass is 418 g/mol. The smallest absolute Gasteiger partial charge is 0.325 e. The summed E-state index contributed by atoms with van der Waals surface area (Å²) in [5, 5.41) is 32.8. The van der Waals surface area contributed by atoms with E-state index in [0.29, 0.717) is 0 Å². The van der Waals surface area contributed by atoms with Gasteiger partial charge in [-0.05, 0) is 26.7 Å². The first-order valence-electron chi connectivity index (χ1n) is 8.68. The molecule has 0 aliphatic carbocycles. The lowest BCUT2D eigenvalue weighted by Gasteiger charge is -2.22. The number of rotatable bonds is 13. The predicted octanol–water partition coefficient (Wildman–Crippen LogP) is -2.38. The van der Waals surface area contributed by atoms with Gasteiger partial charge in [0.25, 0.3) is 0 Å². The van der Waals surface area contributed by atoms with Gasteiger partial charge in [0, 0.05) is 12.8 Å². The zero-order chi connectivity index (χ0) is 22.7. The highest BCUT2D eigenvalue weighted by Gasteiger charge is 2.27. The summed E-state index contributed by atoms with van der Waals surface area (Å²) >= 11 is 0. The van der Waals surface area contributed by atoms with E-state index in [9.17, 15) is 28.8 Å². The summed E-state index contributed by atoms with van der Waals surface area (Å²) in [6.45, 7) is 2.47. The molecule has 3 amide bonds. The van der Waals surface area contributed by atoms with E-state index in [-0.39, 0.29) is 19.3 Å². The highest BCUT2D eigenvalue weighted by Crippen LogP contribution is 2.01. The van der Waals surface area contributed by atoms with Crippen LogP contribution in [0.15, 0.2) is 0 Å². The van der Waals surface area contributed by atoms with Crippen molar-refractivity contribution in [3.05, 3.63) is 0 Å². The van der Waals surface area contributed by atoms with Crippen molar-refractivity contribution in [2.75, 3.05) is 0 Å². The Morgan fingerprint density at radius 3 is 1.69 bits per heavy atom. The fraction of sp³-hybridized carbons (Fsp3) is 0.625. The van der Waals surface area contributed by atoms with Crippen LogP contribution in [0.5, 0.6) is 0 Å². The number of hydrogen-bond donors (Lipinski definition) is 7. The lowest BCUT2D eigenvalue weighted by atomic mass is 10.1. The molecule has 0 saturated heterocycles. The number of carboxylic acid groups (broad SMARTS) is 3. The molecule has 0 unspecified atom stereocenters. The highest BCUT2D eigenvalue weighted by atomic mass is 16.4. The molecule has 0 aromatic heterocycles. The second-order valence-corrected chi connectivity index (χ2v) is 6.33. The van der Waals surface area contributed by atoms with Crippen LogP contribution in [0.2, 0.25) is 0 Å². The van der Waals surface area contributed by atoms with Gasteiger partial charge in [0.15, 0.2) is 0 Å². The molecule has 0 saturated carbocycles. The maximum Gasteiger partial charge on any atom is 0.325 e. The Hall–Kier alpha value is -3.22. The van der Waals surface area contributed by atoms with Gasteiger partial charge in [-0.2, -0.15) is 0 Å². The second kappa shape index (κ2) is 12.3. The summed E-state index contributed by atoms with van der Waals surface area (Å²) in [7, 11) is 0. The molecule has 0 fully saturated rings. The lowest BCUT2D eigenvalue weighted by molar-refractivity contribution is -0.142. The van der Waals surface area contributed by atoms with E-state index in [1.807, 2.05) is 0 Å². The average Bonchev–Trinajstić information content (AvgIpc) is 2.61. The minimum absolute atomic E-state index is 0.147. The van der Waals surface area contributed by atoms with Gasteiger partial charge in [-0.3, -0.25) is 28.8 Å². The fourth-order valence-electron chi connectivity index (χ4n) is 2.01. The first-order chi connectivity index (χ1) is 13.3. The summed E-state index contributed by atoms with van der Waals surface area (Å²) < 4.78 is 0. The molecule has 8 N–H and O–H groups in total. The van der Waals surface area contributed by atoms with Crippen LogP contribution in [0.25, 0.3) is 0 Å². The van der Waals surface area contributed by atoms with Crippen LogP contribution in [0.3, 0.4) is 0 Å². The Kier molecular flexibility index (Phi) is 10.9. The summed E-state index contributed by atoms with van der Waals surface area (Å²) in [5.41, 5.74) is 5.54. The van der Waals surface area contributed by atoms with Crippen LogP contribution in [0.1, 0.15) is 39.5 Å². The van der Waals surface area contributed by atoms with E-state index in [4.69, 9.17) is 21.1 Å². The van der Waals surface area contributed by atoms with Crippen molar-refractivity contribution in [3.63, 3.8) is 0 Å². The van der Waals surface area contributed by atoms with Gasteiger partial charge < -0.3 is 37.0 Å². The van der Waals surface area contributed by atoms with Crippen molar-refractivity contribution in [1.82, 2.24) is 16.0 Å². The SMILES string of the molecule is C[C@H](NC(=O)[C@H](CCC(=O)O)NC(=O)[C@H](C)NC(=O)[C@@H](N)CCC(=O)O)C(=O)O. The molecule has 0 aliphatic heterocycles. The molecule has 13 heteroatoms. The molecule has 0 rings (SSSR count). The molecule has 13 nitrogen and oxygen atoms in total. The number of aliphatic carboxylic acids is 3. The number of hydrogen-bond acceptors (Lipinski definition) is 7. The molecular weight excluding hydrogens is 392 g/mol. The zero-order valence-electron chi connectivity index (χ0n) is 16.0. The quantitative estimate of drug-likeness (QED) is 0.168. The molecule has 164 valence electrons. The van der Waals surface area contributed by atoms with E-state index in [0.717, 1.165) is 0 Å². The largest absolute Gasteiger partial charge is 0.481 e. The van der Waals surface area contributed by atoms with Crippen molar-refractivity contribution >= 4 is 35.6 Å². The standard InChI is InChI=1S/C16H26N4O9/c1-7(18-14(26)9(17)3-5-11(21)22)13(25)20-10(4-6-12(23)24)15(27)19-8(2)16(28)29/h7-10H,3-6,17H2,1-2H3,(H,18,26)(H,19,27)(H,20,25)(H,21,22)(H,23,24)(H,28,29)/t7-,8-,9-,10-/m0/s1. The number of nitrogens with one attached hydrogen (secondary N) is 3. The Morgan fingerprint density at radius 2 is 1.21 bits per heavy atom. The third-order valence-corrected chi connectivity index (χ3v) is 3.77. The predicted molar refractivity (Wildman–Crippen MR) is 96.5 cm³/mol. The number of carbonyl (C=O) groups is 6. The van der Waals surface area contributed by atoms with Crippen molar-refractivity contribution in [2.24, 2.45) is 5.73 Å². The second-order valence-electron chi connectivity index (χ2n) is 6.33. The minimum atomic E-state index is -1.35. The maximum absolute atomic E-state index is 12.2. The number of carbonyl (C=O) groups excluding carboxylic acids is 3. The summed E-state index contributed by atoms with van der Waals surface area (Å²) in [4.78, 5) is 68.4. The molecule has 0 aliphatic rings. The van der Waals surface area contributed by atoms with Crippen LogP contribution in [-0.4, -0.2) is 75.1 Å². The van der Waals surface area contributed by atoms with Gasteiger partial charge in [0.2, 0.25) is 17.7 Å². The van der Waals surface area contributed by atoms with Gasteiger partial charge in [0.1, 0.15) is 18.1 Å². The average molecular weight is 418 g/mol. The molecule has 0 heterocycles. The van der Waals surface area contributed by atoms with Crippen molar-refractivity contribution in [3.8, 4) is 0 Å². The number of nitrogens with two attached hydrogens (primary N) is 1. The van der Waals surface area contributed by atoms with Gasteiger partial charge >= 0.3 is 17.9 Å². The molecule has 0 aromatic rings. The molecule has 0 spiro atoms. The summed E-state index contributed by atoms with van der Waals surface area (Å²) in [5.74, 6) is -6.20. The molecule has 0 bridgehead atoms. The minimum Gasteiger partial charge on any atom is -0.481 e. The van der Waals surface area contributed by atoms with E-state index < -0.39 is 66.2 Å². The van der Waals surface area contributed by atoms with Gasteiger partial charge in [0.05, 0.1) is 6.04 Å². The number of carboxylic acids is 3. The summed E-state index contributed by atoms with van der Waals surface area (Å²) in [6.07, 6.45) is -1.26. The summed E-state index contributed by atoms with van der Waals surface area (Å²) in [6, 6.07) is -4.95. The van der Waals surface area contributed by atoms with Crippen molar-refractivity contribution < 1.29 is 44.1 Å². The molecule has 0 radical (unpaired) electrons. The van der Waals surface area contributed by atoms with Gasteiger partial charge in [-0.25, -0.2) is 0 Å². The first kappa shape index (κ1) is 25.8. The normalized spacial score (nSPS) is 14.6. The van der Waals surface area contributed by atoms with Crippen LogP contribution in [-0.2, 0) is 28.8 Å². The molecular formula is C16H26N4O9. The maximum atomic E-state index is 12.2. The fourth-order valence-corrected chi connectivity index (χ4v) is 2.01. The molecule has 4 atom stereocenters. The van der Waals surface area contributed by atoms with E-state index in [2.05, 4.69) is 16.0 Å². The Labute approximate surface area is 166 Å². The lowest BCUT2D eigenvalue weighted by Crippen LogP contribution is -2.56. The van der Waals surface area contributed by atoms with Crippen molar-refractivity contribution in [2.45, 2.75) is 63.7 Å². The first-order valence-corrected chi connectivity index (χ1v) is 8.68. The molecule has 29 heavy (non-hydrogen) atoms. The van der Waals surface area contributed by atoms with E-state index in [1.54, 1.807) is 0 Å². The van der Waals surface area contributed by atoms with Gasteiger partial charge in [-0.15, -0.1) is 0 Å². The third-order valence-electron chi connectivity index (χ3n) is 3.77. The van der Waals surface area contributed by atoms with Crippen molar-refractivity contribution in [1.29, 1.82) is 0 Å².